The Morgan fingerprint density at radius 2 is 1.80 bits per heavy atom. The molecule has 0 spiro atoms. The molecule has 0 saturated carbocycles. The first-order chi connectivity index (χ1) is 7.27. The van der Waals surface area contributed by atoms with E-state index in [9.17, 15) is 4.79 Å². The zero-order valence-corrected chi connectivity index (χ0v) is 8.18. The highest BCUT2D eigenvalue weighted by atomic mass is 16.1. The van der Waals surface area contributed by atoms with Gasteiger partial charge in [0.1, 0.15) is 5.92 Å². The number of rotatable bonds is 4. The van der Waals surface area contributed by atoms with Crippen molar-refractivity contribution in [3.8, 4) is 12.1 Å². The van der Waals surface area contributed by atoms with Gasteiger partial charge in [-0.25, -0.2) is 0 Å². The minimum Gasteiger partial charge on any atom is -0.294 e. The van der Waals surface area contributed by atoms with Crippen LogP contribution in [0.25, 0.3) is 0 Å². The Labute approximate surface area is 88.6 Å². The normalized spacial score (nSPS) is 9.27. The molecule has 0 fully saturated rings. The molecule has 0 aliphatic rings. The zero-order chi connectivity index (χ0) is 11.1. The molecule has 0 aromatic heterocycles. The minimum absolute atomic E-state index is 0.0221. The lowest BCUT2D eigenvalue weighted by Crippen LogP contribution is -2.02. The molecular formula is C12H10N2O. The van der Waals surface area contributed by atoms with Crippen molar-refractivity contribution >= 4 is 5.78 Å². The summed E-state index contributed by atoms with van der Waals surface area (Å²) in [6, 6.07) is 12.6. The average Bonchev–Trinajstić information content (AvgIpc) is 2.31. The van der Waals surface area contributed by atoms with Crippen LogP contribution >= 0.6 is 0 Å². The molecule has 0 amide bonds. The summed E-state index contributed by atoms with van der Waals surface area (Å²) in [4.78, 5) is 11.6. The number of nitriles is 2. The van der Waals surface area contributed by atoms with Crippen molar-refractivity contribution in [2.24, 2.45) is 5.92 Å². The average molecular weight is 198 g/mol. The predicted molar refractivity (Wildman–Crippen MR) is 54.7 cm³/mol. The summed E-state index contributed by atoms with van der Waals surface area (Å²) >= 11 is 0. The Morgan fingerprint density at radius 1 is 1.20 bits per heavy atom. The second kappa shape index (κ2) is 5.57. The molecular weight excluding hydrogens is 188 g/mol. The number of hydrogen-bond donors (Lipinski definition) is 0. The van der Waals surface area contributed by atoms with E-state index >= 15 is 0 Å². The van der Waals surface area contributed by atoms with E-state index in [4.69, 9.17) is 10.5 Å². The summed E-state index contributed by atoms with van der Waals surface area (Å²) in [6.45, 7) is 0. The Morgan fingerprint density at radius 3 is 2.33 bits per heavy atom. The zero-order valence-electron chi connectivity index (χ0n) is 8.18. The van der Waals surface area contributed by atoms with Crippen LogP contribution in [0.5, 0.6) is 0 Å². The molecule has 15 heavy (non-hydrogen) atoms. The highest BCUT2D eigenvalue weighted by Crippen LogP contribution is 2.09. The van der Waals surface area contributed by atoms with Crippen LogP contribution in [0, 0.1) is 28.6 Å². The maximum atomic E-state index is 11.6. The summed E-state index contributed by atoms with van der Waals surface area (Å²) in [5.41, 5.74) is 0.632. The maximum Gasteiger partial charge on any atom is 0.162 e. The van der Waals surface area contributed by atoms with Crippen molar-refractivity contribution in [2.45, 2.75) is 12.8 Å². The second-order valence-corrected chi connectivity index (χ2v) is 3.14. The van der Waals surface area contributed by atoms with Gasteiger partial charge in [0, 0.05) is 12.0 Å². The van der Waals surface area contributed by atoms with Gasteiger partial charge in [-0.15, -0.1) is 0 Å². The van der Waals surface area contributed by atoms with Crippen LogP contribution in [-0.4, -0.2) is 5.78 Å². The summed E-state index contributed by atoms with van der Waals surface area (Å²) in [5, 5.41) is 17.1. The van der Waals surface area contributed by atoms with Gasteiger partial charge in [0.05, 0.1) is 12.1 Å². The first-order valence-corrected chi connectivity index (χ1v) is 4.65. The van der Waals surface area contributed by atoms with Crippen molar-refractivity contribution in [1.29, 1.82) is 10.5 Å². The molecule has 1 aromatic rings. The van der Waals surface area contributed by atoms with Crippen LogP contribution in [0.2, 0.25) is 0 Å². The topological polar surface area (TPSA) is 64.7 Å². The SMILES string of the molecule is N#CC(C#N)CCC(=O)c1ccccc1. The van der Waals surface area contributed by atoms with Gasteiger partial charge in [-0.2, -0.15) is 10.5 Å². The Balaban J connectivity index is 2.52. The van der Waals surface area contributed by atoms with Gasteiger partial charge >= 0.3 is 0 Å². The molecule has 0 aliphatic heterocycles. The summed E-state index contributed by atoms with van der Waals surface area (Å²) in [7, 11) is 0. The molecule has 74 valence electrons. The van der Waals surface area contributed by atoms with Gasteiger partial charge in [0.25, 0.3) is 0 Å². The molecule has 3 heteroatoms. The Hall–Kier alpha value is -2.13. The van der Waals surface area contributed by atoms with E-state index in [1.807, 2.05) is 18.2 Å². The van der Waals surface area contributed by atoms with Crippen molar-refractivity contribution in [3.05, 3.63) is 35.9 Å². The van der Waals surface area contributed by atoms with E-state index < -0.39 is 5.92 Å². The van der Waals surface area contributed by atoms with Gasteiger partial charge < -0.3 is 0 Å². The van der Waals surface area contributed by atoms with Gasteiger partial charge in [0.15, 0.2) is 5.78 Å². The Bertz CT molecular complexity index is 397. The lowest BCUT2D eigenvalue weighted by Gasteiger charge is -2.00. The molecule has 0 heterocycles. The molecule has 0 aliphatic carbocycles. The second-order valence-electron chi connectivity index (χ2n) is 3.14. The summed E-state index contributed by atoms with van der Waals surface area (Å²) < 4.78 is 0. The van der Waals surface area contributed by atoms with Crippen molar-refractivity contribution in [2.75, 3.05) is 0 Å². The third kappa shape index (κ3) is 3.25. The van der Waals surface area contributed by atoms with Crippen LogP contribution < -0.4 is 0 Å². The van der Waals surface area contributed by atoms with Gasteiger partial charge in [0.2, 0.25) is 0 Å². The van der Waals surface area contributed by atoms with E-state index in [0.717, 1.165) is 0 Å². The smallest absolute Gasteiger partial charge is 0.162 e. The minimum atomic E-state index is -0.683. The van der Waals surface area contributed by atoms with E-state index in [-0.39, 0.29) is 12.2 Å². The summed E-state index contributed by atoms with van der Waals surface area (Å²) in [6.07, 6.45) is 0.552. The van der Waals surface area contributed by atoms with Crippen LogP contribution in [0.4, 0.5) is 0 Å². The van der Waals surface area contributed by atoms with E-state index in [1.54, 1.807) is 24.3 Å². The van der Waals surface area contributed by atoms with Gasteiger partial charge in [-0.1, -0.05) is 30.3 Å². The van der Waals surface area contributed by atoms with Crippen molar-refractivity contribution < 1.29 is 4.79 Å². The molecule has 3 nitrogen and oxygen atoms in total. The van der Waals surface area contributed by atoms with E-state index in [0.29, 0.717) is 12.0 Å². The molecule has 0 radical (unpaired) electrons. The molecule has 1 rings (SSSR count). The quantitative estimate of drug-likeness (QED) is 0.697. The lowest BCUT2D eigenvalue weighted by molar-refractivity contribution is 0.0978. The molecule has 0 N–H and O–H groups in total. The first kappa shape index (κ1) is 10.9. The molecule has 0 atom stereocenters. The fraction of sp³-hybridized carbons (Fsp3) is 0.250. The number of ketones is 1. The number of carbonyl (C=O) groups is 1. The third-order valence-electron chi connectivity index (χ3n) is 2.07. The number of carbonyl (C=O) groups excluding carboxylic acids is 1. The molecule has 1 aromatic carbocycles. The highest BCUT2D eigenvalue weighted by molar-refractivity contribution is 5.95. The van der Waals surface area contributed by atoms with Crippen molar-refractivity contribution in [1.82, 2.24) is 0 Å². The van der Waals surface area contributed by atoms with Gasteiger partial charge in [-0.3, -0.25) is 4.79 Å². The highest BCUT2D eigenvalue weighted by Gasteiger charge is 2.10. The third-order valence-corrected chi connectivity index (χ3v) is 2.07. The molecule has 0 bridgehead atoms. The van der Waals surface area contributed by atoms with E-state index in [2.05, 4.69) is 0 Å². The van der Waals surface area contributed by atoms with Crippen LogP contribution in [0.3, 0.4) is 0 Å². The fourth-order valence-corrected chi connectivity index (χ4v) is 1.20. The summed E-state index contributed by atoms with van der Waals surface area (Å²) in [5.74, 6) is -0.705. The molecule has 0 saturated heterocycles. The lowest BCUT2D eigenvalue weighted by atomic mass is 10.0. The van der Waals surface area contributed by atoms with Crippen molar-refractivity contribution in [3.63, 3.8) is 0 Å². The first-order valence-electron chi connectivity index (χ1n) is 4.65. The van der Waals surface area contributed by atoms with Crippen LogP contribution in [-0.2, 0) is 0 Å². The fourth-order valence-electron chi connectivity index (χ4n) is 1.20. The van der Waals surface area contributed by atoms with Gasteiger partial charge in [-0.05, 0) is 6.42 Å². The maximum absolute atomic E-state index is 11.6. The predicted octanol–water partition coefficient (Wildman–Crippen LogP) is 2.31. The van der Waals surface area contributed by atoms with Crippen LogP contribution in [0.15, 0.2) is 30.3 Å². The number of benzene rings is 1. The largest absolute Gasteiger partial charge is 0.294 e. The van der Waals surface area contributed by atoms with Crippen LogP contribution in [0.1, 0.15) is 23.2 Å². The monoisotopic (exact) mass is 198 g/mol. The standard InChI is InChI=1S/C12H10N2O/c13-8-10(9-14)6-7-12(15)11-4-2-1-3-5-11/h1-5,10H,6-7H2. The number of nitrogens with zero attached hydrogens (tertiary/aromatic N) is 2. The Kier molecular flexibility index (Phi) is 4.06. The number of hydrogen-bond acceptors (Lipinski definition) is 3. The molecule has 0 unspecified atom stereocenters. The number of Topliss-reactive ketones (excluding diaryl/α,β-unsaturated/α-hetero) is 1. The van der Waals surface area contributed by atoms with E-state index in [1.165, 1.54) is 0 Å².